The molecule has 0 spiro atoms. The topological polar surface area (TPSA) is 75.7 Å². The smallest absolute Gasteiger partial charge is 0.262 e. The van der Waals surface area contributed by atoms with Gasteiger partial charge in [0.25, 0.3) is 10.0 Å². The number of hydrogen-bond donors (Lipinski definition) is 1. The number of nitrogens with one attached hydrogen (secondary N) is 1. The number of sulfonamides is 1. The average molecular weight is 421 g/mol. The molecule has 29 heavy (non-hydrogen) atoms. The summed E-state index contributed by atoms with van der Waals surface area (Å²) in [5.41, 5.74) is 2.10. The molecule has 0 unspecified atom stereocenters. The summed E-state index contributed by atoms with van der Waals surface area (Å²) >= 11 is 0. The van der Waals surface area contributed by atoms with Crippen molar-refractivity contribution in [1.82, 2.24) is 0 Å². The number of halogens is 1. The van der Waals surface area contributed by atoms with E-state index in [9.17, 15) is 17.6 Å². The van der Waals surface area contributed by atoms with E-state index in [0.29, 0.717) is 31.0 Å². The summed E-state index contributed by atoms with van der Waals surface area (Å²) in [5.74, 6) is -0.214. The molecule has 156 valence electrons. The maximum absolute atomic E-state index is 13.9. The number of carbonyl (C=O) groups is 1. The van der Waals surface area contributed by atoms with Crippen molar-refractivity contribution in [3.8, 4) is 5.75 Å². The normalized spacial score (nSPS) is 14.1. The van der Waals surface area contributed by atoms with Gasteiger partial charge >= 0.3 is 0 Å². The number of amides is 1. The fraction of sp³-hybridized carbons (Fsp3) is 0.381. The number of fused-ring (bicyclic) bond motifs is 1. The Kier molecular flexibility index (Phi) is 6.12. The van der Waals surface area contributed by atoms with Crippen molar-refractivity contribution in [1.29, 1.82) is 0 Å². The molecule has 2 aromatic carbocycles. The van der Waals surface area contributed by atoms with Gasteiger partial charge in [-0.1, -0.05) is 13.8 Å². The van der Waals surface area contributed by atoms with Gasteiger partial charge in [0.1, 0.15) is 0 Å². The number of ether oxygens (including phenoxy) is 1. The number of carbonyl (C=O) groups excluding carboxylic acids is 1. The van der Waals surface area contributed by atoms with Gasteiger partial charge in [-0.05, 0) is 60.7 Å². The van der Waals surface area contributed by atoms with Crippen molar-refractivity contribution in [3.63, 3.8) is 0 Å². The zero-order valence-electron chi connectivity index (χ0n) is 16.7. The molecule has 0 radical (unpaired) electrons. The molecule has 1 aliphatic heterocycles. The van der Waals surface area contributed by atoms with Gasteiger partial charge in [0.2, 0.25) is 5.91 Å². The number of methoxy groups -OCH3 is 1. The fourth-order valence-electron chi connectivity index (χ4n) is 3.28. The zero-order valence-corrected chi connectivity index (χ0v) is 17.6. The first-order valence-corrected chi connectivity index (χ1v) is 11.0. The monoisotopic (exact) mass is 420 g/mol. The number of hydrogen-bond acceptors (Lipinski definition) is 4. The maximum Gasteiger partial charge on any atom is 0.262 e. The first-order valence-electron chi connectivity index (χ1n) is 9.51. The van der Waals surface area contributed by atoms with Crippen LogP contribution in [0.25, 0.3) is 0 Å². The second-order valence-electron chi connectivity index (χ2n) is 7.47. The van der Waals surface area contributed by atoms with Crippen LogP contribution in [0.1, 0.15) is 32.3 Å². The standard InChI is InChI=1S/C21H25FN2O4S/c1-14(2)10-11-24-19-7-5-16(12-15(19)4-9-21(24)25)23-29(26,27)17-6-8-20(28-3)18(22)13-17/h5-8,12-14,23H,4,9-11H2,1-3H3. The number of aryl methyl sites for hydroxylation is 1. The van der Waals surface area contributed by atoms with Crippen LogP contribution in [-0.2, 0) is 21.2 Å². The summed E-state index contributed by atoms with van der Waals surface area (Å²) in [6, 6.07) is 8.60. The van der Waals surface area contributed by atoms with Crippen LogP contribution in [0, 0.1) is 11.7 Å². The highest BCUT2D eigenvalue weighted by Crippen LogP contribution is 2.32. The van der Waals surface area contributed by atoms with E-state index < -0.39 is 15.8 Å². The van der Waals surface area contributed by atoms with Gasteiger partial charge in [0.15, 0.2) is 11.6 Å². The third-order valence-corrected chi connectivity index (χ3v) is 6.27. The van der Waals surface area contributed by atoms with Gasteiger partial charge in [-0.2, -0.15) is 0 Å². The van der Waals surface area contributed by atoms with E-state index in [1.165, 1.54) is 19.2 Å². The van der Waals surface area contributed by atoms with Crippen molar-refractivity contribution in [2.45, 2.75) is 38.0 Å². The van der Waals surface area contributed by atoms with Crippen molar-refractivity contribution >= 4 is 27.3 Å². The molecule has 0 saturated carbocycles. The van der Waals surface area contributed by atoms with E-state index >= 15 is 0 Å². The lowest BCUT2D eigenvalue weighted by atomic mass is 9.99. The molecule has 6 nitrogen and oxygen atoms in total. The lowest BCUT2D eigenvalue weighted by Gasteiger charge is -2.30. The summed E-state index contributed by atoms with van der Waals surface area (Å²) in [5, 5.41) is 0. The van der Waals surface area contributed by atoms with Gasteiger partial charge in [-0.3, -0.25) is 9.52 Å². The van der Waals surface area contributed by atoms with Gasteiger partial charge < -0.3 is 9.64 Å². The fourth-order valence-corrected chi connectivity index (χ4v) is 4.35. The number of nitrogens with zero attached hydrogens (tertiary/aromatic N) is 1. The van der Waals surface area contributed by atoms with Crippen LogP contribution in [0.15, 0.2) is 41.3 Å². The average Bonchev–Trinajstić information content (AvgIpc) is 2.66. The molecule has 0 bridgehead atoms. The van der Waals surface area contributed by atoms with Crippen LogP contribution in [-0.4, -0.2) is 28.0 Å². The first-order chi connectivity index (χ1) is 13.7. The van der Waals surface area contributed by atoms with E-state index in [0.717, 1.165) is 23.7 Å². The number of benzene rings is 2. The van der Waals surface area contributed by atoms with Crippen molar-refractivity contribution in [3.05, 3.63) is 47.8 Å². The first kappa shape index (κ1) is 21.1. The molecule has 0 aromatic heterocycles. The molecule has 0 saturated heterocycles. The Labute approximate surface area is 170 Å². The molecular formula is C21H25FN2O4S. The van der Waals surface area contributed by atoms with Crippen LogP contribution >= 0.6 is 0 Å². The number of anilines is 2. The quantitative estimate of drug-likeness (QED) is 0.736. The molecule has 3 rings (SSSR count). The van der Waals surface area contributed by atoms with Crippen LogP contribution in [0.4, 0.5) is 15.8 Å². The molecule has 0 atom stereocenters. The summed E-state index contributed by atoms with van der Waals surface area (Å²) < 4.78 is 46.5. The largest absolute Gasteiger partial charge is 0.494 e. The van der Waals surface area contributed by atoms with Gasteiger partial charge in [-0.15, -0.1) is 0 Å². The number of rotatable bonds is 7. The summed E-state index contributed by atoms with van der Waals surface area (Å²) in [4.78, 5) is 13.9. The van der Waals surface area contributed by atoms with E-state index in [2.05, 4.69) is 18.6 Å². The third-order valence-electron chi connectivity index (χ3n) is 4.90. The zero-order chi connectivity index (χ0) is 21.2. The van der Waals surface area contributed by atoms with Crippen LogP contribution in [0.2, 0.25) is 0 Å². The maximum atomic E-state index is 13.9. The van der Waals surface area contributed by atoms with Crippen LogP contribution in [0.5, 0.6) is 5.75 Å². The molecule has 0 aliphatic carbocycles. The Bertz CT molecular complexity index is 1020. The predicted octanol–water partition coefficient (Wildman–Crippen LogP) is 3.96. The second kappa shape index (κ2) is 8.41. The van der Waals surface area contributed by atoms with Crippen LogP contribution < -0.4 is 14.4 Å². The van der Waals surface area contributed by atoms with Crippen molar-refractivity contribution in [2.75, 3.05) is 23.3 Å². The molecule has 1 amide bonds. The Morgan fingerprint density at radius 1 is 1.17 bits per heavy atom. The Balaban J connectivity index is 1.84. The third kappa shape index (κ3) is 4.70. The van der Waals surface area contributed by atoms with E-state index in [-0.39, 0.29) is 16.6 Å². The Morgan fingerprint density at radius 3 is 2.59 bits per heavy atom. The lowest BCUT2D eigenvalue weighted by Crippen LogP contribution is -2.36. The molecule has 1 N–H and O–H groups in total. The van der Waals surface area contributed by atoms with Gasteiger partial charge in [-0.25, -0.2) is 12.8 Å². The highest BCUT2D eigenvalue weighted by atomic mass is 32.2. The highest BCUT2D eigenvalue weighted by molar-refractivity contribution is 7.92. The SMILES string of the molecule is COc1ccc(S(=O)(=O)Nc2ccc3c(c2)CCC(=O)N3CCC(C)C)cc1F. The van der Waals surface area contributed by atoms with Crippen LogP contribution in [0.3, 0.4) is 0 Å². The highest BCUT2D eigenvalue weighted by Gasteiger charge is 2.25. The van der Waals surface area contributed by atoms with E-state index in [1.807, 2.05) is 0 Å². The summed E-state index contributed by atoms with van der Waals surface area (Å²) in [7, 11) is -2.65. The van der Waals surface area contributed by atoms with E-state index in [1.54, 1.807) is 23.1 Å². The van der Waals surface area contributed by atoms with Gasteiger partial charge in [0.05, 0.1) is 12.0 Å². The van der Waals surface area contributed by atoms with Gasteiger partial charge in [0, 0.05) is 24.3 Å². The second-order valence-corrected chi connectivity index (χ2v) is 9.16. The Morgan fingerprint density at radius 2 is 1.93 bits per heavy atom. The minimum absolute atomic E-state index is 0.0242. The molecule has 8 heteroatoms. The van der Waals surface area contributed by atoms with Crippen molar-refractivity contribution in [2.24, 2.45) is 5.92 Å². The predicted molar refractivity (Wildman–Crippen MR) is 110 cm³/mol. The van der Waals surface area contributed by atoms with Crippen molar-refractivity contribution < 1.29 is 22.3 Å². The van der Waals surface area contributed by atoms with E-state index in [4.69, 9.17) is 4.74 Å². The molecule has 2 aromatic rings. The molecule has 1 heterocycles. The lowest BCUT2D eigenvalue weighted by molar-refractivity contribution is -0.118. The minimum Gasteiger partial charge on any atom is -0.494 e. The molecule has 0 fully saturated rings. The molecular weight excluding hydrogens is 395 g/mol. The Hall–Kier alpha value is -2.61. The summed E-state index contributed by atoms with van der Waals surface area (Å²) in [6.07, 6.45) is 1.84. The summed E-state index contributed by atoms with van der Waals surface area (Å²) in [6.45, 7) is 4.85. The minimum atomic E-state index is -3.96. The molecule has 1 aliphatic rings.